The fourth-order valence-electron chi connectivity index (χ4n) is 1.72. The van der Waals surface area contributed by atoms with E-state index in [1.165, 1.54) is 0 Å². The molecule has 0 bridgehead atoms. The van der Waals surface area contributed by atoms with Crippen LogP contribution in [0.1, 0.15) is 11.1 Å². The molecular formula is C14H4Cl5N3. The Balaban J connectivity index is 2.72. The van der Waals surface area contributed by atoms with Gasteiger partial charge in [-0.3, -0.25) is 0 Å². The zero-order valence-electron chi connectivity index (χ0n) is 10.5. The first-order valence-corrected chi connectivity index (χ1v) is 7.53. The summed E-state index contributed by atoms with van der Waals surface area (Å²) >= 11 is 30.4. The van der Waals surface area contributed by atoms with Crippen molar-refractivity contribution in [2.24, 2.45) is 0 Å². The maximum absolute atomic E-state index is 9.30. The Bertz CT molecular complexity index is 829. The zero-order chi connectivity index (χ0) is 16.4. The molecule has 110 valence electrons. The van der Waals surface area contributed by atoms with E-state index < -0.39 is 0 Å². The highest BCUT2D eigenvalue weighted by Crippen LogP contribution is 2.44. The highest BCUT2D eigenvalue weighted by molar-refractivity contribution is 6.47. The third-order valence-corrected chi connectivity index (χ3v) is 4.62. The Hall–Kier alpha value is -1.33. The molecule has 0 aliphatic heterocycles. The molecule has 0 atom stereocenters. The lowest BCUT2D eigenvalue weighted by Crippen LogP contribution is -2.00. The minimum atomic E-state index is -0.0925. The Morgan fingerprint density at radius 1 is 0.727 bits per heavy atom. The number of rotatable bonds is 2. The minimum Gasteiger partial charge on any atom is -0.351 e. The van der Waals surface area contributed by atoms with Crippen LogP contribution in [0.4, 0.5) is 11.4 Å². The van der Waals surface area contributed by atoms with Gasteiger partial charge in [-0.15, -0.1) is 0 Å². The van der Waals surface area contributed by atoms with Crippen molar-refractivity contribution < 1.29 is 0 Å². The van der Waals surface area contributed by atoms with Gasteiger partial charge in [-0.25, -0.2) is 0 Å². The molecule has 2 aromatic rings. The van der Waals surface area contributed by atoms with Gasteiger partial charge in [0.1, 0.15) is 12.1 Å². The number of hydrogen-bond acceptors (Lipinski definition) is 3. The van der Waals surface area contributed by atoms with Crippen LogP contribution in [0.15, 0.2) is 18.2 Å². The van der Waals surface area contributed by atoms with Crippen LogP contribution in [-0.2, 0) is 0 Å². The molecule has 0 radical (unpaired) electrons. The van der Waals surface area contributed by atoms with Crippen molar-refractivity contribution in [2.45, 2.75) is 0 Å². The van der Waals surface area contributed by atoms with Gasteiger partial charge in [-0.1, -0.05) is 64.1 Å². The van der Waals surface area contributed by atoms with Gasteiger partial charge >= 0.3 is 0 Å². The highest BCUT2D eigenvalue weighted by atomic mass is 35.5. The fourth-order valence-corrected chi connectivity index (χ4v) is 3.00. The van der Waals surface area contributed by atoms with E-state index in [1.54, 1.807) is 18.2 Å². The van der Waals surface area contributed by atoms with Crippen LogP contribution in [0.25, 0.3) is 0 Å². The maximum atomic E-state index is 9.30. The van der Waals surface area contributed by atoms with Crippen LogP contribution in [0, 0.1) is 22.7 Å². The molecule has 1 N–H and O–H groups in total. The summed E-state index contributed by atoms with van der Waals surface area (Å²) in [5.74, 6) is 0. The summed E-state index contributed by atoms with van der Waals surface area (Å²) in [6.45, 7) is 0. The third-order valence-electron chi connectivity index (χ3n) is 2.76. The minimum absolute atomic E-state index is 0.0184. The van der Waals surface area contributed by atoms with Crippen molar-refractivity contribution >= 4 is 69.4 Å². The summed E-state index contributed by atoms with van der Waals surface area (Å²) in [7, 11) is 0. The molecule has 22 heavy (non-hydrogen) atoms. The van der Waals surface area contributed by atoms with E-state index in [0.717, 1.165) is 0 Å². The van der Waals surface area contributed by atoms with Crippen molar-refractivity contribution in [1.29, 1.82) is 10.5 Å². The Kier molecular flexibility index (Phi) is 5.29. The van der Waals surface area contributed by atoms with Gasteiger partial charge in [-0.2, -0.15) is 10.5 Å². The lowest BCUT2D eigenvalue weighted by molar-refractivity contribution is 1.43. The molecular weight excluding hydrogens is 387 g/mol. The van der Waals surface area contributed by atoms with Crippen LogP contribution in [0.2, 0.25) is 25.1 Å². The number of halogens is 5. The van der Waals surface area contributed by atoms with Gasteiger partial charge < -0.3 is 5.32 Å². The summed E-state index contributed by atoms with van der Waals surface area (Å²) in [5.41, 5.74) is 0.388. The Morgan fingerprint density at radius 2 is 1.27 bits per heavy atom. The number of hydrogen-bond donors (Lipinski definition) is 1. The smallest absolute Gasteiger partial charge is 0.103 e. The molecule has 0 unspecified atom stereocenters. The van der Waals surface area contributed by atoms with Gasteiger partial charge in [0.05, 0.1) is 47.6 Å². The lowest BCUT2D eigenvalue weighted by Gasteiger charge is -2.16. The van der Waals surface area contributed by atoms with Crippen LogP contribution >= 0.6 is 58.0 Å². The topological polar surface area (TPSA) is 59.6 Å². The van der Waals surface area contributed by atoms with Crippen LogP contribution in [0.3, 0.4) is 0 Å². The molecule has 0 aliphatic carbocycles. The average molecular weight is 391 g/mol. The van der Waals surface area contributed by atoms with Crippen molar-refractivity contribution in [3.05, 3.63) is 54.4 Å². The summed E-state index contributed by atoms with van der Waals surface area (Å²) < 4.78 is 0. The van der Waals surface area contributed by atoms with E-state index in [9.17, 15) is 5.26 Å². The van der Waals surface area contributed by atoms with Crippen molar-refractivity contribution in [3.8, 4) is 12.1 Å². The van der Waals surface area contributed by atoms with Crippen molar-refractivity contribution in [2.75, 3.05) is 5.32 Å². The first-order chi connectivity index (χ1) is 10.4. The normalized spacial score (nSPS) is 9.95. The second-order valence-electron chi connectivity index (χ2n) is 4.01. The largest absolute Gasteiger partial charge is 0.351 e. The van der Waals surface area contributed by atoms with E-state index in [0.29, 0.717) is 15.7 Å². The summed E-state index contributed by atoms with van der Waals surface area (Å²) in [6.07, 6.45) is 0. The first-order valence-electron chi connectivity index (χ1n) is 5.64. The molecule has 8 heteroatoms. The second kappa shape index (κ2) is 6.84. The first kappa shape index (κ1) is 17.0. The molecule has 0 aromatic heterocycles. The molecule has 0 amide bonds. The van der Waals surface area contributed by atoms with Gasteiger partial charge in [0.15, 0.2) is 0 Å². The molecule has 0 saturated heterocycles. The monoisotopic (exact) mass is 389 g/mol. The number of para-hydroxylation sites is 1. The fraction of sp³-hybridized carbons (Fsp3) is 0. The van der Waals surface area contributed by atoms with E-state index in [1.807, 2.05) is 12.1 Å². The SMILES string of the molecule is N#Cc1c(Cl)c(Cl)c(Nc2c(Cl)cccc2Cl)c(C#N)c1Cl. The summed E-state index contributed by atoms with van der Waals surface area (Å²) in [6, 6.07) is 8.60. The number of nitriles is 2. The van der Waals surface area contributed by atoms with E-state index in [2.05, 4.69) is 5.32 Å². The average Bonchev–Trinajstić information content (AvgIpc) is 2.48. The van der Waals surface area contributed by atoms with Crippen LogP contribution < -0.4 is 5.32 Å². The lowest BCUT2D eigenvalue weighted by atomic mass is 10.1. The molecule has 0 aliphatic rings. The van der Waals surface area contributed by atoms with Gasteiger partial charge in [0.25, 0.3) is 0 Å². The Morgan fingerprint density at radius 3 is 1.77 bits per heavy atom. The second-order valence-corrected chi connectivity index (χ2v) is 5.96. The quantitative estimate of drug-likeness (QED) is 0.599. The number of anilines is 2. The predicted molar refractivity (Wildman–Crippen MR) is 90.6 cm³/mol. The molecule has 3 nitrogen and oxygen atoms in total. The number of benzene rings is 2. The molecule has 0 heterocycles. The van der Waals surface area contributed by atoms with E-state index >= 15 is 0 Å². The van der Waals surface area contributed by atoms with Gasteiger partial charge in [0.2, 0.25) is 0 Å². The van der Waals surface area contributed by atoms with Gasteiger partial charge in [-0.05, 0) is 12.1 Å². The number of nitrogens with one attached hydrogen (secondary N) is 1. The molecule has 0 fully saturated rings. The standard InChI is InChI=1S/C14H4Cl5N3/c15-8-2-1-3-9(16)14(8)22-13-7(5-21)10(17)6(4-20)11(18)12(13)19/h1-3,22H. The maximum Gasteiger partial charge on any atom is 0.103 e. The zero-order valence-corrected chi connectivity index (χ0v) is 14.3. The molecule has 2 aromatic carbocycles. The van der Waals surface area contributed by atoms with E-state index in [4.69, 9.17) is 63.3 Å². The van der Waals surface area contributed by atoms with Crippen LogP contribution in [-0.4, -0.2) is 0 Å². The predicted octanol–water partition coefficient (Wildman–Crippen LogP) is 6.44. The van der Waals surface area contributed by atoms with Crippen LogP contribution in [0.5, 0.6) is 0 Å². The molecule has 2 rings (SSSR count). The summed E-state index contributed by atoms with van der Waals surface area (Å²) in [5, 5.41) is 21.7. The van der Waals surface area contributed by atoms with Gasteiger partial charge in [0, 0.05) is 0 Å². The van der Waals surface area contributed by atoms with Crippen molar-refractivity contribution in [1.82, 2.24) is 0 Å². The number of nitrogens with zero attached hydrogens (tertiary/aromatic N) is 2. The highest BCUT2D eigenvalue weighted by Gasteiger charge is 2.22. The van der Waals surface area contributed by atoms with Crippen molar-refractivity contribution in [3.63, 3.8) is 0 Å². The summed E-state index contributed by atoms with van der Waals surface area (Å²) in [4.78, 5) is 0. The van der Waals surface area contributed by atoms with E-state index in [-0.39, 0.29) is 31.9 Å². The molecule has 0 saturated carbocycles. The third kappa shape index (κ3) is 2.92. The molecule has 0 spiro atoms. The Labute approximate surface area is 151 Å².